The zero-order valence-electron chi connectivity index (χ0n) is 20.3. The van der Waals surface area contributed by atoms with Gasteiger partial charge in [-0.3, -0.25) is 0 Å². The van der Waals surface area contributed by atoms with Crippen LogP contribution in [0.2, 0.25) is 0 Å². The number of hydrogen-bond donors (Lipinski definition) is 0. The first-order valence-electron chi connectivity index (χ1n) is 12.0. The molecule has 1 unspecified atom stereocenters. The molecule has 1 atom stereocenters. The summed E-state index contributed by atoms with van der Waals surface area (Å²) < 4.78 is 11.6. The number of rotatable bonds is 16. The standard InChI is InChI=1S/C25H50O3/c1-9-11-13-15-17-22(18-16-14-12-10-2)23(21(5)6)27-24(26)28-25(7,8)19-20(3)4/h20-23H,9-19H2,1-8H3. The van der Waals surface area contributed by atoms with E-state index in [1.807, 2.05) is 13.8 Å². The van der Waals surface area contributed by atoms with E-state index in [-0.39, 0.29) is 6.10 Å². The minimum Gasteiger partial charge on any atom is -0.430 e. The first-order valence-corrected chi connectivity index (χ1v) is 12.0. The van der Waals surface area contributed by atoms with Crippen LogP contribution in [0.4, 0.5) is 4.79 Å². The van der Waals surface area contributed by atoms with Crippen LogP contribution in [0.3, 0.4) is 0 Å². The van der Waals surface area contributed by atoms with Crippen molar-refractivity contribution >= 4 is 6.16 Å². The van der Waals surface area contributed by atoms with Crippen molar-refractivity contribution in [3.05, 3.63) is 0 Å². The lowest BCUT2D eigenvalue weighted by Crippen LogP contribution is -2.36. The molecule has 168 valence electrons. The topological polar surface area (TPSA) is 35.5 Å². The molecule has 0 spiro atoms. The van der Waals surface area contributed by atoms with Crippen molar-refractivity contribution in [2.24, 2.45) is 17.8 Å². The first kappa shape index (κ1) is 27.3. The highest BCUT2D eigenvalue weighted by Crippen LogP contribution is 2.29. The van der Waals surface area contributed by atoms with Crippen LogP contribution < -0.4 is 0 Å². The minimum absolute atomic E-state index is 0.0504. The number of hydrogen-bond acceptors (Lipinski definition) is 3. The van der Waals surface area contributed by atoms with Crippen molar-refractivity contribution in [3.63, 3.8) is 0 Å². The summed E-state index contributed by atoms with van der Waals surface area (Å²) in [6.07, 6.45) is 12.7. The molecule has 3 heteroatoms. The van der Waals surface area contributed by atoms with Crippen molar-refractivity contribution in [2.45, 2.75) is 138 Å². The SMILES string of the molecule is CCCCCCC(CCCCCC)C(OC(=O)OC(C)(C)CC(C)C)C(C)C. The zero-order chi connectivity index (χ0) is 21.6. The highest BCUT2D eigenvalue weighted by atomic mass is 16.7. The number of unbranched alkanes of at least 4 members (excludes halogenated alkanes) is 6. The average molecular weight is 399 g/mol. The van der Waals surface area contributed by atoms with E-state index in [2.05, 4.69) is 41.5 Å². The second kappa shape index (κ2) is 15.2. The van der Waals surface area contributed by atoms with E-state index in [0.29, 0.717) is 17.8 Å². The van der Waals surface area contributed by atoms with Crippen molar-refractivity contribution in [3.8, 4) is 0 Å². The molecule has 0 N–H and O–H groups in total. The van der Waals surface area contributed by atoms with E-state index in [1.54, 1.807) is 0 Å². The Kier molecular flexibility index (Phi) is 14.8. The Bertz CT molecular complexity index is 375. The van der Waals surface area contributed by atoms with Gasteiger partial charge in [-0.25, -0.2) is 4.79 Å². The van der Waals surface area contributed by atoms with E-state index in [1.165, 1.54) is 51.4 Å². The summed E-state index contributed by atoms with van der Waals surface area (Å²) in [4.78, 5) is 12.6. The fraction of sp³-hybridized carbons (Fsp3) is 0.960. The Morgan fingerprint density at radius 2 is 1.32 bits per heavy atom. The Morgan fingerprint density at radius 1 is 0.821 bits per heavy atom. The third-order valence-corrected chi connectivity index (χ3v) is 5.47. The van der Waals surface area contributed by atoms with Crippen LogP contribution in [-0.4, -0.2) is 17.9 Å². The Labute approximate surface area is 176 Å². The lowest BCUT2D eigenvalue weighted by Gasteiger charge is -2.32. The van der Waals surface area contributed by atoms with E-state index in [4.69, 9.17) is 9.47 Å². The predicted molar refractivity (Wildman–Crippen MR) is 121 cm³/mol. The molecule has 28 heavy (non-hydrogen) atoms. The monoisotopic (exact) mass is 398 g/mol. The van der Waals surface area contributed by atoms with Gasteiger partial charge in [0, 0.05) is 0 Å². The molecule has 0 rings (SSSR count). The van der Waals surface area contributed by atoms with Crippen LogP contribution in [0.5, 0.6) is 0 Å². The summed E-state index contributed by atoms with van der Waals surface area (Å²) in [5, 5.41) is 0. The van der Waals surface area contributed by atoms with E-state index in [0.717, 1.165) is 19.3 Å². The van der Waals surface area contributed by atoms with E-state index >= 15 is 0 Å². The maximum absolute atomic E-state index is 12.6. The van der Waals surface area contributed by atoms with Gasteiger partial charge in [-0.1, -0.05) is 92.9 Å². The van der Waals surface area contributed by atoms with Crippen molar-refractivity contribution < 1.29 is 14.3 Å². The number of carbonyl (C=O) groups is 1. The summed E-state index contributed by atoms with van der Waals surface area (Å²) in [5.74, 6) is 1.23. The normalized spacial score (nSPS) is 13.4. The van der Waals surface area contributed by atoms with Crippen molar-refractivity contribution in [1.82, 2.24) is 0 Å². The van der Waals surface area contributed by atoms with Crippen LogP contribution >= 0.6 is 0 Å². The molecular weight excluding hydrogens is 348 g/mol. The molecule has 0 aromatic heterocycles. The molecule has 0 aliphatic heterocycles. The third-order valence-electron chi connectivity index (χ3n) is 5.47. The van der Waals surface area contributed by atoms with Crippen LogP contribution in [0, 0.1) is 17.8 Å². The lowest BCUT2D eigenvalue weighted by atomic mass is 9.84. The summed E-state index contributed by atoms with van der Waals surface area (Å²) in [7, 11) is 0. The third kappa shape index (κ3) is 13.4. The quantitative estimate of drug-likeness (QED) is 0.193. The van der Waals surface area contributed by atoms with Crippen molar-refractivity contribution in [1.29, 1.82) is 0 Å². The summed E-state index contributed by atoms with van der Waals surface area (Å²) in [5.41, 5.74) is -0.482. The molecule has 0 aliphatic rings. The van der Waals surface area contributed by atoms with Crippen LogP contribution in [0.15, 0.2) is 0 Å². The molecule has 0 aromatic carbocycles. The summed E-state index contributed by atoms with van der Waals surface area (Å²) >= 11 is 0. The molecule has 3 nitrogen and oxygen atoms in total. The highest BCUT2D eigenvalue weighted by molar-refractivity contribution is 5.60. The molecule has 0 bridgehead atoms. The number of ether oxygens (including phenoxy) is 2. The Hall–Kier alpha value is -0.730. The average Bonchev–Trinajstić information content (AvgIpc) is 2.56. The molecular formula is C25H50O3. The van der Waals surface area contributed by atoms with Gasteiger partial charge in [-0.15, -0.1) is 0 Å². The summed E-state index contributed by atoms with van der Waals surface area (Å²) in [6.45, 7) is 17.1. The van der Waals surface area contributed by atoms with Gasteiger partial charge in [0.05, 0.1) is 0 Å². The second-order valence-corrected chi connectivity index (χ2v) is 9.99. The highest BCUT2D eigenvalue weighted by Gasteiger charge is 2.31. The van der Waals surface area contributed by atoms with Gasteiger partial charge in [0.15, 0.2) is 0 Å². The van der Waals surface area contributed by atoms with Crippen LogP contribution in [0.1, 0.15) is 126 Å². The Morgan fingerprint density at radius 3 is 1.71 bits per heavy atom. The largest absolute Gasteiger partial charge is 0.509 e. The molecule has 0 aromatic rings. The van der Waals surface area contributed by atoms with Gasteiger partial charge in [-0.05, 0) is 50.9 Å². The fourth-order valence-electron chi connectivity index (χ4n) is 4.30. The molecule has 0 saturated carbocycles. The van der Waals surface area contributed by atoms with Gasteiger partial charge in [0.25, 0.3) is 0 Å². The first-order chi connectivity index (χ1) is 13.1. The fourth-order valence-corrected chi connectivity index (χ4v) is 4.30. The van der Waals surface area contributed by atoms with E-state index in [9.17, 15) is 4.79 Å². The second-order valence-electron chi connectivity index (χ2n) is 9.99. The molecule has 0 saturated heterocycles. The molecule has 0 heterocycles. The maximum Gasteiger partial charge on any atom is 0.509 e. The van der Waals surface area contributed by atoms with Crippen molar-refractivity contribution in [2.75, 3.05) is 0 Å². The zero-order valence-corrected chi connectivity index (χ0v) is 20.3. The van der Waals surface area contributed by atoms with Gasteiger partial charge in [0.2, 0.25) is 0 Å². The molecule has 0 radical (unpaired) electrons. The molecule has 0 amide bonds. The molecule has 0 aliphatic carbocycles. The van der Waals surface area contributed by atoms with Gasteiger partial charge in [0.1, 0.15) is 11.7 Å². The van der Waals surface area contributed by atoms with Gasteiger partial charge < -0.3 is 9.47 Å². The minimum atomic E-state index is -0.489. The number of carbonyl (C=O) groups excluding carboxylic acids is 1. The maximum atomic E-state index is 12.6. The van der Waals surface area contributed by atoms with Gasteiger partial charge >= 0.3 is 6.16 Å². The van der Waals surface area contributed by atoms with Crippen LogP contribution in [-0.2, 0) is 9.47 Å². The lowest BCUT2D eigenvalue weighted by molar-refractivity contribution is -0.0649. The Balaban J connectivity index is 4.92. The van der Waals surface area contributed by atoms with E-state index < -0.39 is 11.8 Å². The van der Waals surface area contributed by atoms with Crippen LogP contribution in [0.25, 0.3) is 0 Å². The molecule has 0 fully saturated rings. The predicted octanol–water partition coefficient (Wildman–Crippen LogP) is 8.55. The smallest absolute Gasteiger partial charge is 0.430 e. The summed E-state index contributed by atoms with van der Waals surface area (Å²) in [6, 6.07) is 0. The van der Waals surface area contributed by atoms with Gasteiger partial charge in [-0.2, -0.15) is 0 Å².